The molecule has 0 bridgehead atoms. The second kappa shape index (κ2) is 7.25. The van der Waals surface area contributed by atoms with Crippen molar-refractivity contribution >= 4 is 37.5 Å². The van der Waals surface area contributed by atoms with Crippen LogP contribution in [-0.2, 0) is 14.8 Å². The predicted molar refractivity (Wildman–Crippen MR) is 93.6 cm³/mol. The van der Waals surface area contributed by atoms with Crippen molar-refractivity contribution in [3.8, 4) is 0 Å². The molecule has 5 nitrogen and oxygen atoms in total. The maximum atomic E-state index is 12.4. The summed E-state index contributed by atoms with van der Waals surface area (Å²) in [4.78, 5) is 11.1. The number of amides is 1. The molecule has 2 rings (SSSR count). The van der Waals surface area contributed by atoms with Crippen molar-refractivity contribution in [1.29, 1.82) is 0 Å². The number of anilines is 1. The Hall–Kier alpha value is -1.70. The number of hydrogen-bond acceptors (Lipinski definition) is 3. The van der Waals surface area contributed by atoms with Crippen LogP contribution in [0, 0.1) is 0 Å². The average Bonchev–Trinajstić information content (AvgIpc) is 2.47. The van der Waals surface area contributed by atoms with Gasteiger partial charge in [0.25, 0.3) is 0 Å². The van der Waals surface area contributed by atoms with E-state index in [1.54, 1.807) is 19.1 Å². The minimum Gasteiger partial charge on any atom is -0.326 e. The molecule has 0 spiro atoms. The largest absolute Gasteiger partial charge is 0.326 e. The van der Waals surface area contributed by atoms with Gasteiger partial charge in [0.1, 0.15) is 0 Å². The smallest absolute Gasteiger partial charge is 0.241 e. The minimum atomic E-state index is -3.64. The Labute approximate surface area is 144 Å². The lowest BCUT2D eigenvalue weighted by atomic mass is 10.1. The molecule has 0 radical (unpaired) electrons. The average molecular weight is 397 g/mol. The normalized spacial score (nSPS) is 12.7. The second-order valence-corrected chi connectivity index (χ2v) is 7.73. The van der Waals surface area contributed by atoms with Crippen molar-refractivity contribution in [3.63, 3.8) is 0 Å². The number of rotatable bonds is 5. The molecule has 7 heteroatoms. The van der Waals surface area contributed by atoms with Crippen LogP contribution in [0.4, 0.5) is 5.69 Å². The van der Waals surface area contributed by atoms with E-state index in [1.165, 1.54) is 19.1 Å². The Morgan fingerprint density at radius 2 is 1.61 bits per heavy atom. The van der Waals surface area contributed by atoms with Gasteiger partial charge in [0, 0.05) is 23.1 Å². The van der Waals surface area contributed by atoms with Crippen LogP contribution in [0.15, 0.2) is 57.9 Å². The van der Waals surface area contributed by atoms with Crippen molar-refractivity contribution < 1.29 is 13.2 Å². The summed E-state index contributed by atoms with van der Waals surface area (Å²) in [6.45, 7) is 3.18. The number of halogens is 1. The Morgan fingerprint density at radius 3 is 2.13 bits per heavy atom. The van der Waals surface area contributed by atoms with E-state index in [-0.39, 0.29) is 16.8 Å². The van der Waals surface area contributed by atoms with Crippen LogP contribution < -0.4 is 10.0 Å². The number of sulfonamides is 1. The Kier molecular flexibility index (Phi) is 5.56. The zero-order valence-corrected chi connectivity index (χ0v) is 15.1. The molecule has 0 aromatic heterocycles. The molecule has 1 amide bonds. The van der Waals surface area contributed by atoms with Gasteiger partial charge in [-0.25, -0.2) is 13.1 Å². The fourth-order valence-electron chi connectivity index (χ4n) is 2.04. The van der Waals surface area contributed by atoms with Crippen molar-refractivity contribution in [2.75, 3.05) is 5.32 Å². The van der Waals surface area contributed by atoms with Crippen LogP contribution in [0.2, 0.25) is 0 Å². The predicted octanol–water partition coefficient (Wildman–Crippen LogP) is 3.45. The molecule has 0 heterocycles. The summed E-state index contributed by atoms with van der Waals surface area (Å²) in [6, 6.07) is 13.1. The Balaban J connectivity index is 2.14. The monoisotopic (exact) mass is 396 g/mol. The van der Waals surface area contributed by atoms with Gasteiger partial charge in [0.15, 0.2) is 0 Å². The van der Waals surface area contributed by atoms with Crippen LogP contribution in [0.25, 0.3) is 0 Å². The minimum absolute atomic E-state index is 0.149. The van der Waals surface area contributed by atoms with Crippen LogP contribution in [0.5, 0.6) is 0 Å². The van der Waals surface area contributed by atoms with Crippen LogP contribution in [0.3, 0.4) is 0 Å². The molecule has 2 N–H and O–H groups in total. The van der Waals surface area contributed by atoms with E-state index < -0.39 is 10.0 Å². The van der Waals surface area contributed by atoms with E-state index in [0.717, 1.165) is 10.0 Å². The molecule has 1 atom stereocenters. The summed E-state index contributed by atoms with van der Waals surface area (Å²) in [7, 11) is -3.64. The van der Waals surface area contributed by atoms with Gasteiger partial charge in [-0.05, 0) is 48.9 Å². The maximum Gasteiger partial charge on any atom is 0.241 e. The molecule has 0 saturated heterocycles. The number of carbonyl (C=O) groups excluding carboxylic acids is 1. The highest BCUT2D eigenvalue weighted by Crippen LogP contribution is 2.20. The lowest BCUT2D eigenvalue weighted by Crippen LogP contribution is -2.26. The molecular formula is C16H17BrN2O3S. The molecule has 0 saturated carbocycles. The first-order valence-electron chi connectivity index (χ1n) is 6.93. The van der Waals surface area contributed by atoms with Crippen LogP contribution >= 0.6 is 15.9 Å². The van der Waals surface area contributed by atoms with Crippen LogP contribution in [0.1, 0.15) is 25.5 Å². The van der Waals surface area contributed by atoms with Gasteiger partial charge < -0.3 is 5.32 Å². The first kappa shape index (κ1) is 17.7. The number of benzene rings is 2. The van der Waals surface area contributed by atoms with E-state index in [9.17, 15) is 13.2 Å². The SMILES string of the molecule is CC(=O)Nc1ccc(S(=O)(=O)NC(C)c2ccc(Br)cc2)cc1. The quantitative estimate of drug-likeness (QED) is 0.812. The third-order valence-electron chi connectivity index (χ3n) is 3.19. The van der Waals surface area contributed by atoms with E-state index in [4.69, 9.17) is 0 Å². The number of hydrogen-bond donors (Lipinski definition) is 2. The third kappa shape index (κ3) is 4.89. The third-order valence-corrected chi connectivity index (χ3v) is 5.27. The van der Waals surface area contributed by atoms with Gasteiger partial charge in [0.05, 0.1) is 4.90 Å². The first-order chi connectivity index (χ1) is 10.8. The summed E-state index contributed by atoms with van der Waals surface area (Å²) in [6.07, 6.45) is 0. The highest BCUT2D eigenvalue weighted by molar-refractivity contribution is 9.10. The molecular weight excluding hydrogens is 380 g/mol. The van der Waals surface area contributed by atoms with Gasteiger partial charge in [-0.1, -0.05) is 28.1 Å². The summed E-state index contributed by atoms with van der Waals surface area (Å²) in [5, 5.41) is 2.60. The fourth-order valence-corrected chi connectivity index (χ4v) is 3.54. The van der Waals surface area contributed by atoms with Crippen molar-refractivity contribution in [2.24, 2.45) is 0 Å². The highest BCUT2D eigenvalue weighted by Gasteiger charge is 2.18. The lowest BCUT2D eigenvalue weighted by molar-refractivity contribution is -0.114. The molecule has 23 heavy (non-hydrogen) atoms. The molecule has 1 unspecified atom stereocenters. The molecule has 0 fully saturated rings. The van der Waals surface area contributed by atoms with Crippen molar-refractivity contribution in [3.05, 3.63) is 58.6 Å². The van der Waals surface area contributed by atoms with Gasteiger partial charge >= 0.3 is 0 Å². The molecule has 0 aliphatic carbocycles. The van der Waals surface area contributed by atoms with Gasteiger partial charge in [0.2, 0.25) is 15.9 Å². The molecule has 0 aliphatic rings. The molecule has 2 aromatic rings. The summed E-state index contributed by atoms with van der Waals surface area (Å²) in [5.41, 5.74) is 1.42. The first-order valence-corrected chi connectivity index (χ1v) is 9.21. The van der Waals surface area contributed by atoms with E-state index in [0.29, 0.717) is 5.69 Å². The summed E-state index contributed by atoms with van der Waals surface area (Å²) >= 11 is 3.35. The van der Waals surface area contributed by atoms with Crippen molar-refractivity contribution in [1.82, 2.24) is 4.72 Å². The zero-order chi connectivity index (χ0) is 17.0. The van der Waals surface area contributed by atoms with Gasteiger partial charge in [-0.3, -0.25) is 4.79 Å². The molecule has 2 aromatic carbocycles. The van der Waals surface area contributed by atoms with Gasteiger partial charge in [-0.15, -0.1) is 0 Å². The van der Waals surface area contributed by atoms with E-state index >= 15 is 0 Å². The van der Waals surface area contributed by atoms with Crippen LogP contribution in [-0.4, -0.2) is 14.3 Å². The van der Waals surface area contributed by atoms with Gasteiger partial charge in [-0.2, -0.15) is 0 Å². The maximum absolute atomic E-state index is 12.4. The Bertz CT molecular complexity index is 787. The zero-order valence-electron chi connectivity index (χ0n) is 12.7. The van der Waals surface area contributed by atoms with E-state index in [2.05, 4.69) is 26.0 Å². The highest BCUT2D eigenvalue weighted by atomic mass is 79.9. The fraction of sp³-hybridized carbons (Fsp3) is 0.188. The second-order valence-electron chi connectivity index (χ2n) is 5.10. The lowest BCUT2D eigenvalue weighted by Gasteiger charge is -2.15. The standard InChI is InChI=1S/C16H17BrN2O3S/c1-11(13-3-5-14(17)6-4-13)19-23(21,22)16-9-7-15(8-10-16)18-12(2)20/h3-11,19H,1-2H3,(H,18,20). The topological polar surface area (TPSA) is 75.3 Å². The van der Waals surface area contributed by atoms with Crippen molar-refractivity contribution in [2.45, 2.75) is 24.8 Å². The Morgan fingerprint density at radius 1 is 1.04 bits per heavy atom. The molecule has 0 aliphatic heterocycles. The summed E-state index contributed by atoms with van der Waals surface area (Å²) < 4.78 is 28.4. The van der Waals surface area contributed by atoms with E-state index in [1.807, 2.05) is 24.3 Å². The molecule has 122 valence electrons. The number of nitrogens with one attached hydrogen (secondary N) is 2. The number of carbonyl (C=O) groups is 1. The summed E-state index contributed by atoms with van der Waals surface area (Å²) in [5.74, 6) is -0.206.